The van der Waals surface area contributed by atoms with Crippen LogP contribution in [0, 0.1) is 13.8 Å². The van der Waals surface area contributed by atoms with Gasteiger partial charge in [-0.2, -0.15) is 0 Å². The first-order chi connectivity index (χ1) is 13.4. The van der Waals surface area contributed by atoms with Crippen molar-refractivity contribution in [3.05, 3.63) is 53.1 Å². The standard InChI is InChI=1S/C22H26N2O4/c1-14-10-11-15(2)21-19(14)20(23-16(3)25)22(26)24(21)12-7-13-28-18-9-6-5-8-17(18)27-4/h5-6,8-11,20H,7,12-13H2,1-4H3,(H,23,25). The van der Waals surface area contributed by atoms with Crippen LogP contribution in [0.5, 0.6) is 11.5 Å². The topological polar surface area (TPSA) is 67.9 Å². The number of methoxy groups -OCH3 is 1. The number of fused-ring (bicyclic) bond motifs is 1. The van der Waals surface area contributed by atoms with Crippen molar-refractivity contribution in [2.75, 3.05) is 25.2 Å². The van der Waals surface area contributed by atoms with Crippen LogP contribution in [0.15, 0.2) is 36.4 Å². The predicted octanol–water partition coefficient (Wildman–Crippen LogP) is 3.30. The third-order valence-corrected chi connectivity index (χ3v) is 4.91. The summed E-state index contributed by atoms with van der Waals surface area (Å²) < 4.78 is 11.1. The highest BCUT2D eigenvalue weighted by atomic mass is 16.5. The molecule has 0 spiro atoms. The summed E-state index contributed by atoms with van der Waals surface area (Å²) in [7, 11) is 1.61. The molecular weight excluding hydrogens is 356 g/mol. The van der Waals surface area contributed by atoms with Crippen molar-refractivity contribution in [3.8, 4) is 11.5 Å². The second-order valence-electron chi connectivity index (χ2n) is 6.94. The highest BCUT2D eigenvalue weighted by molar-refractivity contribution is 6.07. The Hall–Kier alpha value is -3.02. The van der Waals surface area contributed by atoms with E-state index < -0.39 is 6.04 Å². The Morgan fingerprint density at radius 3 is 2.46 bits per heavy atom. The summed E-state index contributed by atoms with van der Waals surface area (Å²) in [5, 5.41) is 2.80. The molecule has 2 aromatic carbocycles. The van der Waals surface area contributed by atoms with Gasteiger partial charge < -0.3 is 19.7 Å². The molecule has 28 heavy (non-hydrogen) atoms. The Morgan fingerprint density at radius 1 is 1.11 bits per heavy atom. The summed E-state index contributed by atoms with van der Waals surface area (Å²) in [4.78, 5) is 26.4. The van der Waals surface area contributed by atoms with E-state index in [1.54, 1.807) is 12.0 Å². The van der Waals surface area contributed by atoms with Crippen molar-refractivity contribution < 1.29 is 19.1 Å². The number of nitrogens with zero attached hydrogens (tertiary/aromatic N) is 1. The molecule has 0 radical (unpaired) electrons. The van der Waals surface area contributed by atoms with Gasteiger partial charge in [-0.3, -0.25) is 9.59 Å². The van der Waals surface area contributed by atoms with Crippen molar-refractivity contribution in [2.45, 2.75) is 33.2 Å². The Bertz CT molecular complexity index is 894. The molecule has 0 aromatic heterocycles. The van der Waals surface area contributed by atoms with Crippen molar-refractivity contribution in [1.82, 2.24) is 5.32 Å². The SMILES string of the molecule is COc1ccccc1OCCCN1C(=O)C(NC(C)=O)c2c(C)ccc(C)c21. The molecule has 1 unspecified atom stereocenters. The lowest BCUT2D eigenvalue weighted by molar-refractivity contribution is -0.126. The highest BCUT2D eigenvalue weighted by Crippen LogP contribution is 2.40. The largest absolute Gasteiger partial charge is 0.493 e. The number of nitrogens with one attached hydrogen (secondary N) is 1. The minimum absolute atomic E-state index is 0.0973. The van der Waals surface area contributed by atoms with Gasteiger partial charge in [0.1, 0.15) is 6.04 Å². The summed E-state index contributed by atoms with van der Waals surface area (Å²) in [5.74, 6) is 1.05. The van der Waals surface area contributed by atoms with E-state index >= 15 is 0 Å². The van der Waals surface area contributed by atoms with Crippen molar-refractivity contribution in [3.63, 3.8) is 0 Å². The van der Waals surface area contributed by atoms with E-state index in [1.165, 1.54) is 6.92 Å². The van der Waals surface area contributed by atoms with Crippen molar-refractivity contribution in [1.29, 1.82) is 0 Å². The Morgan fingerprint density at radius 2 is 1.79 bits per heavy atom. The average Bonchev–Trinajstić information content (AvgIpc) is 2.95. The summed E-state index contributed by atoms with van der Waals surface area (Å²) in [6.07, 6.45) is 0.656. The molecule has 0 fully saturated rings. The molecule has 2 amide bonds. The van der Waals surface area contributed by atoms with Crippen LogP contribution in [-0.4, -0.2) is 32.1 Å². The molecule has 0 saturated carbocycles. The number of amides is 2. The molecule has 1 atom stereocenters. The van der Waals surface area contributed by atoms with Gasteiger partial charge in [0, 0.05) is 19.0 Å². The first-order valence-electron chi connectivity index (χ1n) is 9.38. The molecule has 0 bridgehead atoms. The first kappa shape index (κ1) is 19.7. The van der Waals surface area contributed by atoms with Crippen LogP contribution in [0.4, 0.5) is 5.69 Å². The van der Waals surface area contributed by atoms with E-state index in [1.807, 2.05) is 50.2 Å². The number of carbonyl (C=O) groups is 2. The maximum atomic E-state index is 13.0. The van der Waals surface area contributed by atoms with E-state index in [-0.39, 0.29) is 11.8 Å². The number of aryl methyl sites for hydroxylation is 2. The maximum absolute atomic E-state index is 13.0. The van der Waals surface area contributed by atoms with Crippen LogP contribution < -0.4 is 19.7 Å². The van der Waals surface area contributed by atoms with Gasteiger partial charge in [-0.1, -0.05) is 24.3 Å². The van der Waals surface area contributed by atoms with Gasteiger partial charge in [0.05, 0.1) is 19.4 Å². The van der Waals surface area contributed by atoms with Gasteiger partial charge in [0.15, 0.2) is 11.5 Å². The summed E-state index contributed by atoms with van der Waals surface area (Å²) in [6, 6.07) is 10.9. The van der Waals surface area contributed by atoms with Crippen molar-refractivity contribution >= 4 is 17.5 Å². The number of rotatable bonds is 7. The number of carbonyl (C=O) groups excluding carboxylic acids is 2. The summed E-state index contributed by atoms with van der Waals surface area (Å²) >= 11 is 0. The van der Waals surface area contributed by atoms with Crippen LogP contribution in [0.3, 0.4) is 0 Å². The van der Waals surface area contributed by atoms with Gasteiger partial charge in [-0.05, 0) is 43.5 Å². The second-order valence-corrected chi connectivity index (χ2v) is 6.94. The van der Waals surface area contributed by atoms with Gasteiger partial charge in [0.2, 0.25) is 5.91 Å². The Balaban J connectivity index is 1.73. The van der Waals surface area contributed by atoms with E-state index in [4.69, 9.17) is 9.47 Å². The van der Waals surface area contributed by atoms with Crippen LogP contribution >= 0.6 is 0 Å². The Kier molecular flexibility index (Phi) is 5.87. The van der Waals surface area contributed by atoms with Crippen LogP contribution in [0.2, 0.25) is 0 Å². The van der Waals surface area contributed by atoms with E-state index in [2.05, 4.69) is 5.32 Å². The molecule has 6 heteroatoms. The smallest absolute Gasteiger partial charge is 0.254 e. The van der Waals surface area contributed by atoms with E-state index in [0.717, 1.165) is 22.4 Å². The van der Waals surface area contributed by atoms with E-state index in [0.29, 0.717) is 31.1 Å². The van der Waals surface area contributed by atoms with Gasteiger partial charge >= 0.3 is 0 Å². The lowest BCUT2D eigenvalue weighted by Crippen LogP contribution is -2.37. The maximum Gasteiger partial charge on any atom is 0.254 e. The van der Waals surface area contributed by atoms with Gasteiger partial charge in [-0.15, -0.1) is 0 Å². The zero-order chi connectivity index (χ0) is 20.3. The minimum Gasteiger partial charge on any atom is -0.493 e. The molecular formula is C22H26N2O4. The first-order valence-corrected chi connectivity index (χ1v) is 9.38. The summed E-state index contributed by atoms with van der Waals surface area (Å²) in [5.41, 5.74) is 3.82. The molecule has 0 saturated heterocycles. The average molecular weight is 382 g/mol. The molecule has 1 N–H and O–H groups in total. The number of hydrogen-bond acceptors (Lipinski definition) is 4. The molecule has 3 rings (SSSR count). The fourth-order valence-electron chi connectivity index (χ4n) is 3.63. The van der Waals surface area contributed by atoms with Crippen LogP contribution in [-0.2, 0) is 9.59 Å². The number of ether oxygens (including phenoxy) is 2. The Labute approximate surface area is 165 Å². The number of hydrogen-bond donors (Lipinski definition) is 1. The lowest BCUT2D eigenvalue weighted by Gasteiger charge is -2.20. The molecule has 1 aliphatic rings. The quantitative estimate of drug-likeness (QED) is 0.746. The monoisotopic (exact) mass is 382 g/mol. The third-order valence-electron chi connectivity index (χ3n) is 4.91. The fraction of sp³-hybridized carbons (Fsp3) is 0.364. The summed E-state index contributed by atoms with van der Waals surface area (Å²) in [6.45, 7) is 6.35. The molecule has 2 aromatic rings. The zero-order valence-electron chi connectivity index (χ0n) is 16.7. The fourth-order valence-corrected chi connectivity index (χ4v) is 3.63. The van der Waals surface area contributed by atoms with Gasteiger partial charge in [0.25, 0.3) is 5.91 Å². The van der Waals surface area contributed by atoms with Gasteiger partial charge in [-0.25, -0.2) is 0 Å². The third kappa shape index (κ3) is 3.81. The van der Waals surface area contributed by atoms with Crippen LogP contribution in [0.1, 0.15) is 36.1 Å². The number of para-hydroxylation sites is 2. The van der Waals surface area contributed by atoms with Crippen molar-refractivity contribution in [2.24, 2.45) is 0 Å². The zero-order valence-corrected chi connectivity index (χ0v) is 16.7. The molecule has 1 aliphatic heterocycles. The van der Waals surface area contributed by atoms with E-state index in [9.17, 15) is 9.59 Å². The highest BCUT2D eigenvalue weighted by Gasteiger charge is 2.39. The lowest BCUT2D eigenvalue weighted by atomic mass is 9.99. The molecule has 0 aliphatic carbocycles. The molecule has 1 heterocycles. The molecule has 6 nitrogen and oxygen atoms in total. The molecule has 148 valence electrons. The normalized spacial score (nSPS) is 15.4. The number of benzene rings is 2. The number of anilines is 1. The van der Waals surface area contributed by atoms with Crippen LogP contribution in [0.25, 0.3) is 0 Å². The predicted molar refractivity (Wildman–Crippen MR) is 108 cm³/mol. The minimum atomic E-state index is -0.623. The second kappa shape index (κ2) is 8.33.